The van der Waals surface area contributed by atoms with Crippen LogP contribution < -0.4 is 15.4 Å². The second-order valence-electron chi connectivity index (χ2n) is 5.89. The van der Waals surface area contributed by atoms with Crippen LogP contribution in [0.2, 0.25) is 0 Å². The lowest BCUT2D eigenvalue weighted by atomic mass is 10.1. The number of nitrogens with one attached hydrogen (secondary N) is 2. The van der Waals surface area contributed by atoms with Crippen LogP contribution in [0.25, 0.3) is 0 Å². The van der Waals surface area contributed by atoms with E-state index >= 15 is 0 Å². The van der Waals surface area contributed by atoms with Gasteiger partial charge in [0, 0.05) is 31.0 Å². The minimum absolute atomic E-state index is 0. The third-order valence-corrected chi connectivity index (χ3v) is 3.82. The van der Waals surface area contributed by atoms with Crippen molar-refractivity contribution in [3.8, 4) is 5.75 Å². The lowest BCUT2D eigenvalue weighted by Crippen LogP contribution is -2.34. The van der Waals surface area contributed by atoms with Crippen molar-refractivity contribution in [2.75, 3.05) is 26.8 Å². The van der Waals surface area contributed by atoms with Crippen molar-refractivity contribution in [1.29, 1.82) is 0 Å². The number of halogens is 1. The van der Waals surface area contributed by atoms with E-state index in [9.17, 15) is 4.79 Å². The molecule has 1 heterocycles. The molecule has 1 fully saturated rings. The molecule has 2 atom stereocenters. The topological polar surface area (TPSA) is 59.6 Å². The van der Waals surface area contributed by atoms with Crippen molar-refractivity contribution in [3.05, 3.63) is 29.3 Å². The zero-order valence-corrected chi connectivity index (χ0v) is 14.9. The molecule has 6 heteroatoms. The second kappa shape index (κ2) is 9.75. The van der Waals surface area contributed by atoms with Crippen molar-refractivity contribution in [3.63, 3.8) is 0 Å². The summed E-state index contributed by atoms with van der Waals surface area (Å²) < 4.78 is 11.4. The summed E-state index contributed by atoms with van der Waals surface area (Å²) in [6, 6.07) is 6.08. The number of hydrogen-bond acceptors (Lipinski definition) is 4. The maximum Gasteiger partial charge on any atom is 0.224 e. The average Bonchev–Trinajstić information content (AvgIpc) is 2.99. The van der Waals surface area contributed by atoms with Crippen molar-refractivity contribution < 1.29 is 14.3 Å². The van der Waals surface area contributed by atoms with Gasteiger partial charge in [-0.2, -0.15) is 0 Å². The number of amides is 1. The third-order valence-electron chi connectivity index (χ3n) is 3.82. The van der Waals surface area contributed by atoms with Crippen molar-refractivity contribution in [1.82, 2.24) is 10.6 Å². The molecule has 0 aliphatic carbocycles. The van der Waals surface area contributed by atoms with Gasteiger partial charge >= 0.3 is 0 Å². The summed E-state index contributed by atoms with van der Waals surface area (Å²) >= 11 is 0. The van der Waals surface area contributed by atoms with E-state index < -0.39 is 0 Å². The Kier molecular flexibility index (Phi) is 8.37. The molecule has 1 amide bonds. The Morgan fingerprint density at radius 1 is 1.48 bits per heavy atom. The number of carbonyl (C=O) groups is 1. The summed E-state index contributed by atoms with van der Waals surface area (Å²) in [6.07, 6.45) is 1.03. The number of aryl methyl sites for hydroxylation is 1. The predicted octanol–water partition coefficient (Wildman–Crippen LogP) is 2.06. The molecule has 1 aliphatic heterocycles. The first kappa shape index (κ1) is 19.7. The van der Waals surface area contributed by atoms with Gasteiger partial charge in [-0.05, 0) is 25.6 Å². The third kappa shape index (κ3) is 6.01. The fourth-order valence-electron chi connectivity index (χ4n) is 2.46. The Morgan fingerprint density at radius 2 is 2.26 bits per heavy atom. The van der Waals surface area contributed by atoms with Crippen LogP contribution >= 0.6 is 12.4 Å². The van der Waals surface area contributed by atoms with Gasteiger partial charge in [-0.3, -0.25) is 4.79 Å². The lowest BCUT2D eigenvalue weighted by Gasteiger charge is -2.17. The van der Waals surface area contributed by atoms with Gasteiger partial charge < -0.3 is 20.1 Å². The summed E-state index contributed by atoms with van der Waals surface area (Å²) in [5.41, 5.74) is 2.15. The maximum atomic E-state index is 12.0. The Hall–Kier alpha value is -1.30. The van der Waals surface area contributed by atoms with Crippen molar-refractivity contribution in [2.45, 2.75) is 32.9 Å². The molecular formula is C17H27ClN2O3. The molecule has 0 radical (unpaired) electrons. The summed E-state index contributed by atoms with van der Waals surface area (Å²) in [7, 11) is 1.85. The summed E-state index contributed by atoms with van der Waals surface area (Å²) in [5, 5.41) is 5.99. The van der Waals surface area contributed by atoms with Crippen LogP contribution in [0.5, 0.6) is 5.75 Å². The Labute approximate surface area is 144 Å². The van der Waals surface area contributed by atoms with Gasteiger partial charge in [-0.1, -0.05) is 19.1 Å². The van der Waals surface area contributed by atoms with Gasteiger partial charge in [0.1, 0.15) is 11.9 Å². The number of ether oxygens (including phenoxy) is 2. The van der Waals surface area contributed by atoms with Gasteiger partial charge in [-0.25, -0.2) is 0 Å². The zero-order chi connectivity index (χ0) is 15.9. The molecule has 0 spiro atoms. The Morgan fingerprint density at radius 3 is 2.91 bits per heavy atom. The first-order valence-electron chi connectivity index (χ1n) is 7.86. The van der Waals surface area contributed by atoms with E-state index in [-0.39, 0.29) is 30.3 Å². The molecule has 2 rings (SSSR count). The predicted molar refractivity (Wildman–Crippen MR) is 93.2 cm³/mol. The molecule has 2 unspecified atom stereocenters. The Bertz CT molecular complexity index is 505. The first-order chi connectivity index (χ1) is 10.6. The molecule has 0 saturated carbocycles. The number of rotatable bonds is 7. The van der Waals surface area contributed by atoms with E-state index in [4.69, 9.17) is 9.47 Å². The van der Waals surface area contributed by atoms with E-state index in [1.807, 2.05) is 39.1 Å². The van der Waals surface area contributed by atoms with E-state index in [1.165, 1.54) is 0 Å². The van der Waals surface area contributed by atoms with Crippen LogP contribution in [0, 0.1) is 12.8 Å². The average molecular weight is 343 g/mol. The van der Waals surface area contributed by atoms with Gasteiger partial charge in [0.25, 0.3) is 0 Å². The van der Waals surface area contributed by atoms with Crippen molar-refractivity contribution >= 4 is 18.3 Å². The van der Waals surface area contributed by atoms with Crippen LogP contribution in [-0.2, 0) is 16.1 Å². The maximum absolute atomic E-state index is 12.0. The van der Waals surface area contributed by atoms with Crippen LogP contribution in [0.3, 0.4) is 0 Å². The smallest absolute Gasteiger partial charge is 0.224 e. The molecule has 2 N–H and O–H groups in total. The monoisotopic (exact) mass is 342 g/mol. The van der Waals surface area contributed by atoms with E-state index in [1.54, 1.807) is 0 Å². The molecule has 1 aliphatic rings. The van der Waals surface area contributed by atoms with E-state index in [0.717, 1.165) is 29.9 Å². The van der Waals surface area contributed by atoms with E-state index in [0.29, 0.717) is 19.7 Å². The quantitative estimate of drug-likeness (QED) is 0.796. The normalized spacial score (nSPS) is 18.1. The van der Waals surface area contributed by atoms with Gasteiger partial charge in [-0.15, -0.1) is 12.4 Å². The summed E-state index contributed by atoms with van der Waals surface area (Å²) in [4.78, 5) is 12.0. The van der Waals surface area contributed by atoms with Crippen LogP contribution in [0.1, 0.15) is 24.5 Å². The van der Waals surface area contributed by atoms with Crippen LogP contribution in [-0.4, -0.2) is 38.8 Å². The van der Waals surface area contributed by atoms with Gasteiger partial charge in [0.05, 0.1) is 13.2 Å². The molecule has 1 aromatic carbocycles. The SMILES string of the molecule is CNCC(C)C(=O)NCc1ccc(C)cc1OC1CCOC1.Cl. The highest BCUT2D eigenvalue weighted by molar-refractivity contribution is 5.85. The highest BCUT2D eigenvalue weighted by atomic mass is 35.5. The molecule has 1 aromatic rings. The van der Waals surface area contributed by atoms with Gasteiger partial charge in [0.15, 0.2) is 0 Å². The first-order valence-corrected chi connectivity index (χ1v) is 7.86. The lowest BCUT2D eigenvalue weighted by molar-refractivity contribution is -0.124. The standard InChI is InChI=1S/C17H26N2O3.ClH/c1-12-4-5-14(10-19-17(20)13(2)9-18-3)16(8-12)22-15-6-7-21-11-15;/h4-5,8,13,15,18H,6-7,9-11H2,1-3H3,(H,19,20);1H. The van der Waals surface area contributed by atoms with Crippen molar-refractivity contribution in [2.24, 2.45) is 5.92 Å². The summed E-state index contributed by atoms with van der Waals surface area (Å²) in [6.45, 7) is 6.49. The van der Waals surface area contributed by atoms with Crippen LogP contribution in [0.4, 0.5) is 0 Å². The number of hydrogen-bond donors (Lipinski definition) is 2. The largest absolute Gasteiger partial charge is 0.488 e. The molecule has 23 heavy (non-hydrogen) atoms. The molecule has 5 nitrogen and oxygen atoms in total. The number of benzene rings is 1. The highest BCUT2D eigenvalue weighted by Gasteiger charge is 2.19. The fourth-order valence-corrected chi connectivity index (χ4v) is 2.46. The molecule has 130 valence electrons. The highest BCUT2D eigenvalue weighted by Crippen LogP contribution is 2.23. The Balaban J connectivity index is 0.00000264. The number of carbonyl (C=O) groups excluding carboxylic acids is 1. The van der Waals surface area contributed by atoms with Crippen LogP contribution in [0.15, 0.2) is 18.2 Å². The fraction of sp³-hybridized carbons (Fsp3) is 0.588. The minimum atomic E-state index is -0.0527. The molecule has 0 bridgehead atoms. The second-order valence-corrected chi connectivity index (χ2v) is 5.89. The summed E-state index contributed by atoms with van der Waals surface area (Å²) in [5.74, 6) is 0.838. The van der Waals surface area contributed by atoms with Gasteiger partial charge in [0.2, 0.25) is 5.91 Å². The molecule has 1 saturated heterocycles. The molecule has 0 aromatic heterocycles. The zero-order valence-electron chi connectivity index (χ0n) is 14.1. The minimum Gasteiger partial charge on any atom is -0.488 e. The molecular weight excluding hydrogens is 316 g/mol. The van der Waals surface area contributed by atoms with E-state index in [2.05, 4.69) is 10.6 Å².